The van der Waals surface area contributed by atoms with Crippen molar-refractivity contribution in [3.63, 3.8) is 0 Å². The molecule has 112 valence electrons. The van der Waals surface area contributed by atoms with E-state index in [4.69, 9.17) is 16.3 Å². The number of nitrogens with zero attached hydrogens (tertiary/aromatic N) is 1. The Bertz CT molecular complexity index is 449. The number of carbonyl (C=O) groups is 1. The van der Waals surface area contributed by atoms with E-state index in [0.717, 1.165) is 0 Å². The molecule has 0 radical (unpaired) electrons. The van der Waals surface area contributed by atoms with E-state index in [1.165, 1.54) is 6.07 Å². The molecule has 0 aliphatic carbocycles. The van der Waals surface area contributed by atoms with Gasteiger partial charge in [-0.1, -0.05) is 37.6 Å². The maximum absolute atomic E-state index is 14.2. The lowest BCUT2D eigenvalue weighted by molar-refractivity contribution is -0.144. The molecule has 0 aromatic heterocycles. The number of halogens is 2. The highest BCUT2D eigenvalue weighted by molar-refractivity contribution is 6.30. The summed E-state index contributed by atoms with van der Waals surface area (Å²) in [5, 5.41) is 0.0727. The van der Waals surface area contributed by atoms with Crippen molar-refractivity contribution >= 4 is 17.6 Å². The molecule has 5 heteroatoms. The minimum absolute atomic E-state index is 0.0727. The van der Waals surface area contributed by atoms with Gasteiger partial charge in [0.2, 0.25) is 0 Å². The summed E-state index contributed by atoms with van der Waals surface area (Å²) in [5.41, 5.74) is 0.439. The Morgan fingerprint density at radius 3 is 2.55 bits per heavy atom. The lowest BCUT2D eigenvalue weighted by atomic mass is 10.0. The first-order valence-electron chi connectivity index (χ1n) is 6.88. The van der Waals surface area contributed by atoms with E-state index in [1.807, 2.05) is 18.7 Å². The quantitative estimate of drug-likeness (QED) is 0.717. The molecule has 0 bridgehead atoms. The number of carbonyl (C=O) groups excluding carboxylic acids is 1. The van der Waals surface area contributed by atoms with E-state index >= 15 is 0 Å². The summed E-state index contributed by atoms with van der Waals surface area (Å²) in [6.45, 7) is 7.46. The first kappa shape index (κ1) is 16.9. The highest BCUT2D eigenvalue weighted by Crippen LogP contribution is 2.30. The van der Waals surface area contributed by atoms with Crippen LogP contribution in [0.4, 0.5) is 4.39 Å². The second-order valence-corrected chi connectivity index (χ2v) is 4.80. The average molecular weight is 302 g/mol. The molecule has 1 rings (SSSR count). The van der Waals surface area contributed by atoms with Crippen LogP contribution in [0, 0.1) is 5.82 Å². The fourth-order valence-electron chi connectivity index (χ4n) is 2.26. The molecule has 0 aliphatic heterocycles. The van der Waals surface area contributed by atoms with Gasteiger partial charge in [0.25, 0.3) is 0 Å². The second kappa shape index (κ2) is 8.22. The van der Waals surface area contributed by atoms with E-state index in [9.17, 15) is 9.18 Å². The fraction of sp³-hybridized carbons (Fsp3) is 0.533. The Hall–Kier alpha value is -1.13. The van der Waals surface area contributed by atoms with Gasteiger partial charge in [-0.15, -0.1) is 0 Å². The van der Waals surface area contributed by atoms with E-state index < -0.39 is 5.82 Å². The van der Waals surface area contributed by atoms with Crippen molar-refractivity contribution in [2.24, 2.45) is 0 Å². The van der Waals surface area contributed by atoms with E-state index in [1.54, 1.807) is 19.1 Å². The molecular weight excluding hydrogens is 281 g/mol. The maximum atomic E-state index is 14.2. The molecule has 1 aromatic carbocycles. The summed E-state index contributed by atoms with van der Waals surface area (Å²) in [4.78, 5) is 13.8. The molecule has 0 saturated heterocycles. The Morgan fingerprint density at radius 2 is 2.00 bits per heavy atom. The molecule has 3 nitrogen and oxygen atoms in total. The number of rotatable bonds is 7. The number of hydrogen-bond donors (Lipinski definition) is 0. The normalized spacial score (nSPS) is 12.5. The van der Waals surface area contributed by atoms with Crippen LogP contribution in [0.5, 0.6) is 0 Å². The average Bonchev–Trinajstić information content (AvgIpc) is 2.42. The Balaban J connectivity index is 3.09. The van der Waals surface area contributed by atoms with Crippen LogP contribution < -0.4 is 0 Å². The largest absolute Gasteiger partial charge is 0.466 e. The summed E-state index contributed by atoms with van der Waals surface area (Å²) >= 11 is 5.84. The van der Waals surface area contributed by atoms with E-state index in [2.05, 4.69) is 0 Å². The van der Waals surface area contributed by atoms with Crippen molar-refractivity contribution in [1.29, 1.82) is 0 Å². The SMILES string of the molecule is CCOC(=O)CC(c1cccc(Cl)c1F)N(CC)CC. The van der Waals surface area contributed by atoms with Gasteiger partial charge in [-0.3, -0.25) is 9.69 Å². The number of esters is 1. The first-order valence-corrected chi connectivity index (χ1v) is 7.26. The predicted octanol–water partition coefficient (Wildman–Crippen LogP) is 3.82. The van der Waals surface area contributed by atoms with Crippen LogP contribution in [0.25, 0.3) is 0 Å². The third-order valence-corrected chi connectivity index (χ3v) is 3.55. The van der Waals surface area contributed by atoms with Gasteiger partial charge in [0.05, 0.1) is 18.1 Å². The van der Waals surface area contributed by atoms with Crippen molar-refractivity contribution in [3.8, 4) is 0 Å². The summed E-state index contributed by atoms with van der Waals surface area (Å²) in [6, 6.07) is 4.51. The zero-order chi connectivity index (χ0) is 15.1. The summed E-state index contributed by atoms with van der Waals surface area (Å²) in [7, 11) is 0. The van der Waals surface area contributed by atoms with Gasteiger partial charge in [0.1, 0.15) is 5.82 Å². The summed E-state index contributed by atoms with van der Waals surface area (Å²) < 4.78 is 19.2. The minimum atomic E-state index is -0.463. The summed E-state index contributed by atoms with van der Waals surface area (Å²) in [6.07, 6.45) is 0.118. The van der Waals surface area contributed by atoms with Crippen LogP contribution in [0.1, 0.15) is 38.8 Å². The van der Waals surface area contributed by atoms with Gasteiger partial charge in [-0.05, 0) is 26.1 Å². The molecule has 1 unspecified atom stereocenters. The monoisotopic (exact) mass is 301 g/mol. The third kappa shape index (κ3) is 4.18. The van der Waals surface area contributed by atoms with Crippen LogP contribution in [0.2, 0.25) is 5.02 Å². The van der Waals surface area contributed by atoms with Crippen LogP contribution in [-0.2, 0) is 9.53 Å². The van der Waals surface area contributed by atoms with Gasteiger partial charge in [0, 0.05) is 11.6 Å². The molecule has 0 amide bonds. The zero-order valence-corrected chi connectivity index (χ0v) is 12.9. The third-order valence-electron chi connectivity index (χ3n) is 3.26. The molecule has 0 spiro atoms. The highest BCUT2D eigenvalue weighted by Gasteiger charge is 2.25. The van der Waals surface area contributed by atoms with Gasteiger partial charge in [-0.2, -0.15) is 0 Å². The number of ether oxygens (including phenoxy) is 1. The fourth-order valence-corrected chi connectivity index (χ4v) is 2.44. The summed E-state index contributed by atoms with van der Waals surface area (Å²) in [5.74, 6) is -0.792. The topological polar surface area (TPSA) is 29.5 Å². The molecule has 0 N–H and O–H groups in total. The lowest BCUT2D eigenvalue weighted by Crippen LogP contribution is -2.31. The standard InChI is InChI=1S/C15H21ClFNO2/c1-4-18(5-2)13(10-14(19)20-6-3)11-8-7-9-12(16)15(11)17/h7-9,13H,4-6,10H2,1-3H3. The predicted molar refractivity (Wildman–Crippen MR) is 78.3 cm³/mol. The van der Waals surface area contributed by atoms with E-state index in [0.29, 0.717) is 25.3 Å². The van der Waals surface area contributed by atoms with Gasteiger partial charge < -0.3 is 4.74 Å². The van der Waals surface area contributed by atoms with Gasteiger partial charge in [0.15, 0.2) is 0 Å². The van der Waals surface area contributed by atoms with Crippen LogP contribution >= 0.6 is 11.6 Å². The van der Waals surface area contributed by atoms with Crippen molar-refractivity contribution in [2.75, 3.05) is 19.7 Å². The van der Waals surface area contributed by atoms with Gasteiger partial charge >= 0.3 is 5.97 Å². The highest BCUT2D eigenvalue weighted by atomic mass is 35.5. The van der Waals surface area contributed by atoms with Crippen molar-refractivity contribution in [2.45, 2.75) is 33.2 Å². The molecule has 0 aliphatic rings. The molecule has 20 heavy (non-hydrogen) atoms. The number of hydrogen-bond acceptors (Lipinski definition) is 3. The first-order chi connectivity index (χ1) is 9.54. The Labute approximate surface area is 124 Å². The molecule has 0 heterocycles. The van der Waals surface area contributed by atoms with Gasteiger partial charge in [-0.25, -0.2) is 4.39 Å². The Kier molecular flexibility index (Phi) is 6.96. The smallest absolute Gasteiger partial charge is 0.307 e. The molecular formula is C15H21ClFNO2. The van der Waals surface area contributed by atoms with E-state index in [-0.39, 0.29) is 23.5 Å². The van der Waals surface area contributed by atoms with Crippen molar-refractivity contribution < 1.29 is 13.9 Å². The second-order valence-electron chi connectivity index (χ2n) is 4.39. The Morgan fingerprint density at radius 1 is 1.35 bits per heavy atom. The van der Waals surface area contributed by atoms with Crippen LogP contribution in [0.3, 0.4) is 0 Å². The maximum Gasteiger partial charge on any atom is 0.307 e. The van der Waals surface area contributed by atoms with Crippen LogP contribution in [-0.4, -0.2) is 30.6 Å². The van der Waals surface area contributed by atoms with Crippen molar-refractivity contribution in [1.82, 2.24) is 4.90 Å². The zero-order valence-electron chi connectivity index (χ0n) is 12.2. The molecule has 0 saturated carbocycles. The molecule has 1 aromatic rings. The molecule has 1 atom stereocenters. The number of benzene rings is 1. The molecule has 0 fully saturated rings. The lowest BCUT2D eigenvalue weighted by Gasteiger charge is -2.29. The minimum Gasteiger partial charge on any atom is -0.466 e. The van der Waals surface area contributed by atoms with Crippen molar-refractivity contribution in [3.05, 3.63) is 34.6 Å². The van der Waals surface area contributed by atoms with Crippen LogP contribution in [0.15, 0.2) is 18.2 Å².